The first kappa shape index (κ1) is 14.3. The van der Waals surface area contributed by atoms with Crippen LogP contribution in [-0.2, 0) is 9.53 Å². The summed E-state index contributed by atoms with van der Waals surface area (Å²) in [5.74, 6) is 3.55. The lowest BCUT2D eigenvalue weighted by Gasteiger charge is -2.58. The van der Waals surface area contributed by atoms with Crippen molar-refractivity contribution in [1.82, 2.24) is 0 Å². The van der Waals surface area contributed by atoms with Gasteiger partial charge in [-0.25, -0.2) is 0 Å². The molecule has 5 fully saturated rings. The molecule has 0 amide bonds. The van der Waals surface area contributed by atoms with Crippen LogP contribution in [0.15, 0.2) is 0 Å². The van der Waals surface area contributed by atoms with E-state index in [0.717, 1.165) is 50.0 Å². The van der Waals surface area contributed by atoms with E-state index in [2.05, 4.69) is 6.92 Å². The van der Waals surface area contributed by atoms with E-state index >= 15 is 0 Å². The Morgan fingerprint density at radius 3 is 2.91 bits per heavy atom. The molecule has 22 heavy (non-hydrogen) atoms. The lowest BCUT2D eigenvalue weighted by atomic mass is 9.45. The minimum atomic E-state index is 0.00714. The molecule has 1 heterocycles. The summed E-state index contributed by atoms with van der Waals surface area (Å²) in [6.07, 6.45) is 9.68. The molecule has 1 aliphatic heterocycles. The van der Waals surface area contributed by atoms with Gasteiger partial charge in [0.05, 0.1) is 18.1 Å². The number of ether oxygens (including phenoxy) is 1. The molecule has 0 unspecified atom stereocenters. The number of ketones is 1. The fourth-order valence-corrected chi connectivity index (χ4v) is 7.84. The molecule has 122 valence electrons. The van der Waals surface area contributed by atoms with Crippen LogP contribution in [0.3, 0.4) is 0 Å². The first-order chi connectivity index (χ1) is 10.5. The van der Waals surface area contributed by atoms with Gasteiger partial charge >= 0.3 is 0 Å². The van der Waals surface area contributed by atoms with Gasteiger partial charge in [0.15, 0.2) is 0 Å². The molecule has 0 aromatic carbocycles. The topological polar surface area (TPSA) is 26.3 Å². The third kappa shape index (κ3) is 1.59. The van der Waals surface area contributed by atoms with Crippen LogP contribution in [0.25, 0.3) is 0 Å². The molecule has 4 saturated carbocycles. The molecule has 0 aromatic heterocycles. The zero-order chi connectivity index (χ0) is 15.1. The van der Waals surface area contributed by atoms with Crippen LogP contribution in [0.2, 0.25) is 0 Å². The quantitative estimate of drug-likeness (QED) is 0.625. The van der Waals surface area contributed by atoms with Crippen molar-refractivity contribution in [2.24, 2.45) is 34.5 Å². The Bertz CT molecular complexity index is 520. The van der Waals surface area contributed by atoms with E-state index in [1.807, 2.05) is 0 Å². The highest BCUT2D eigenvalue weighted by Gasteiger charge is 2.64. The molecule has 2 nitrogen and oxygen atoms in total. The Hall–Kier alpha value is -0.0800. The standard InChI is InChI=1S/C19H27ClO2/c1-18-7-6-14-12(13(18)4-5-17(18)21)3-2-11-8-15(20)16-9-19(11,14)10-22-16/h11-16H,2-10H2,1H3/t11-,12-,13-,14-,15-,16-,18-,19+/m0/s1. The number of rotatable bonds is 0. The lowest BCUT2D eigenvalue weighted by molar-refractivity contribution is -0.137. The molecule has 0 aromatic rings. The summed E-state index contributed by atoms with van der Waals surface area (Å²) in [5.41, 5.74) is 0.416. The molecule has 1 spiro atoms. The largest absolute Gasteiger partial charge is 0.376 e. The highest BCUT2D eigenvalue weighted by atomic mass is 35.5. The first-order valence-corrected chi connectivity index (χ1v) is 9.77. The Labute approximate surface area is 138 Å². The number of alkyl halides is 1. The number of fused-ring (bicyclic) bond motifs is 4. The van der Waals surface area contributed by atoms with Crippen molar-refractivity contribution in [3.8, 4) is 0 Å². The van der Waals surface area contributed by atoms with Gasteiger partial charge in [-0.2, -0.15) is 0 Å². The summed E-state index contributed by atoms with van der Waals surface area (Å²) in [5, 5.41) is 0.235. The Balaban J connectivity index is 1.50. The number of carbonyl (C=O) groups is 1. The molecule has 5 rings (SSSR count). The molecule has 1 saturated heterocycles. The van der Waals surface area contributed by atoms with Gasteiger partial charge in [0, 0.05) is 17.3 Å². The average Bonchev–Trinajstić information content (AvgIpc) is 3.02. The van der Waals surface area contributed by atoms with Gasteiger partial charge in [-0.1, -0.05) is 6.92 Å². The summed E-state index contributed by atoms with van der Waals surface area (Å²) in [6, 6.07) is 0. The van der Waals surface area contributed by atoms with E-state index in [9.17, 15) is 4.79 Å². The maximum Gasteiger partial charge on any atom is 0.139 e. The second kappa shape index (κ2) is 4.51. The molecular formula is C19H27ClO2. The molecule has 2 bridgehead atoms. The van der Waals surface area contributed by atoms with Crippen LogP contribution in [0.1, 0.15) is 58.3 Å². The van der Waals surface area contributed by atoms with Crippen molar-refractivity contribution >= 4 is 17.4 Å². The maximum atomic E-state index is 12.4. The molecular weight excluding hydrogens is 296 g/mol. The van der Waals surface area contributed by atoms with Crippen LogP contribution in [0.5, 0.6) is 0 Å². The molecule has 4 aliphatic carbocycles. The number of hydrogen-bond donors (Lipinski definition) is 0. The van der Waals surface area contributed by atoms with Gasteiger partial charge < -0.3 is 4.74 Å². The van der Waals surface area contributed by atoms with Crippen molar-refractivity contribution in [2.75, 3.05) is 6.61 Å². The van der Waals surface area contributed by atoms with E-state index in [4.69, 9.17) is 16.3 Å². The molecule has 5 aliphatic rings. The van der Waals surface area contributed by atoms with Crippen molar-refractivity contribution < 1.29 is 9.53 Å². The predicted octanol–water partition coefficient (Wildman–Crippen LogP) is 4.19. The van der Waals surface area contributed by atoms with E-state index in [0.29, 0.717) is 23.2 Å². The van der Waals surface area contributed by atoms with Crippen molar-refractivity contribution in [1.29, 1.82) is 0 Å². The van der Waals surface area contributed by atoms with E-state index < -0.39 is 0 Å². The van der Waals surface area contributed by atoms with E-state index in [1.165, 1.54) is 25.7 Å². The summed E-state index contributed by atoms with van der Waals surface area (Å²) >= 11 is 6.56. The summed E-state index contributed by atoms with van der Waals surface area (Å²) in [7, 11) is 0. The van der Waals surface area contributed by atoms with E-state index in [-0.39, 0.29) is 10.8 Å². The fourth-order valence-electron chi connectivity index (χ4n) is 7.46. The smallest absolute Gasteiger partial charge is 0.139 e. The molecule has 8 atom stereocenters. The first-order valence-electron chi connectivity index (χ1n) is 9.33. The Morgan fingerprint density at radius 2 is 2.05 bits per heavy atom. The normalized spacial score (nSPS) is 59.8. The van der Waals surface area contributed by atoms with Crippen LogP contribution in [-0.4, -0.2) is 23.9 Å². The number of hydrogen-bond acceptors (Lipinski definition) is 2. The van der Waals surface area contributed by atoms with Gasteiger partial charge in [-0.3, -0.25) is 4.79 Å². The fraction of sp³-hybridized carbons (Fsp3) is 0.947. The van der Waals surface area contributed by atoms with Gasteiger partial charge in [0.25, 0.3) is 0 Å². The van der Waals surface area contributed by atoms with Crippen molar-refractivity contribution in [3.63, 3.8) is 0 Å². The summed E-state index contributed by atoms with van der Waals surface area (Å²) in [4.78, 5) is 12.4. The molecule has 3 heteroatoms. The SMILES string of the molecule is C[C@]12CC[C@H]3[C@@H](CC[C@H]4C[C@H](Cl)[C@@H]5C[C@@]43CO5)[C@@H]1CCC2=O. The minimum absolute atomic E-state index is 0.00714. The van der Waals surface area contributed by atoms with Gasteiger partial charge in [0.2, 0.25) is 0 Å². The van der Waals surface area contributed by atoms with Crippen LogP contribution >= 0.6 is 11.6 Å². The number of carbonyl (C=O) groups excluding carboxylic acids is 1. The third-order valence-corrected chi connectivity index (χ3v) is 9.07. The van der Waals surface area contributed by atoms with Crippen molar-refractivity contribution in [2.45, 2.75) is 69.8 Å². The number of Topliss-reactive ketones (excluding diaryl/α,β-unsaturated/α-hetero) is 1. The van der Waals surface area contributed by atoms with Gasteiger partial charge in [-0.15, -0.1) is 11.6 Å². The second-order valence-corrected chi connectivity index (χ2v) is 9.67. The average molecular weight is 323 g/mol. The minimum Gasteiger partial charge on any atom is -0.376 e. The summed E-state index contributed by atoms with van der Waals surface area (Å²) < 4.78 is 6.16. The predicted molar refractivity (Wildman–Crippen MR) is 85.8 cm³/mol. The van der Waals surface area contributed by atoms with Crippen LogP contribution < -0.4 is 0 Å². The van der Waals surface area contributed by atoms with E-state index in [1.54, 1.807) is 0 Å². The van der Waals surface area contributed by atoms with Gasteiger partial charge in [0.1, 0.15) is 5.78 Å². The lowest BCUT2D eigenvalue weighted by Crippen LogP contribution is -2.55. The second-order valence-electron chi connectivity index (χ2n) is 9.11. The highest BCUT2D eigenvalue weighted by Crippen LogP contribution is 2.67. The van der Waals surface area contributed by atoms with Crippen LogP contribution in [0.4, 0.5) is 0 Å². The monoisotopic (exact) mass is 322 g/mol. The third-order valence-electron chi connectivity index (χ3n) is 8.61. The molecule has 0 N–H and O–H groups in total. The van der Waals surface area contributed by atoms with Gasteiger partial charge in [-0.05, 0) is 68.6 Å². The Morgan fingerprint density at radius 1 is 1.18 bits per heavy atom. The van der Waals surface area contributed by atoms with Crippen LogP contribution in [0, 0.1) is 34.5 Å². The maximum absolute atomic E-state index is 12.4. The zero-order valence-corrected chi connectivity index (χ0v) is 14.3. The molecule has 0 radical (unpaired) electrons. The number of halogens is 1. The zero-order valence-electron chi connectivity index (χ0n) is 13.5. The van der Waals surface area contributed by atoms with Crippen molar-refractivity contribution in [3.05, 3.63) is 0 Å². The highest BCUT2D eigenvalue weighted by molar-refractivity contribution is 6.21. The summed E-state index contributed by atoms with van der Waals surface area (Å²) in [6.45, 7) is 3.22. The Kier molecular flexibility index (Phi) is 2.92.